The fourth-order valence-corrected chi connectivity index (χ4v) is 2.53. The van der Waals surface area contributed by atoms with E-state index in [1.165, 1.54) is 12.1 Å². The smallest absolute Gasteiger partial charge is 0.416 e. The lowest BCUT2D eigenvalue weighted by Gasteiger charge is -2.16. The Balaban J connectivity index is 1.95. The van der Waals surface area contributed by atoms with Crippen LogP contribution in [0.4, 0.5) is 13.2 Å². The number of hydrogen-bond acceptors (Lipinski definition) is 3. The number of halogens is 3. The van der Waals surface area contributed by atoms with Gasteiger partial charge in [0.1, 0.15) is 17.6 Å². The Morgan fingerprint density at radius 3 is 2.45 bits per heavy atom. The molecular weight excluding hydrogens is 295 g/mol. The van der Waals surface area contributed by atoms with E-state index in [1.807, 2.05) is 6.92 Å². The van der Waals surface area contributed by atoms with Crippen molar-refractivity contribution in [3.8, 4) is 11.3 Å². The lowest BCUT2D eigenvalue weighted by atomic mass is 9.89. The number of hydrogen-bond donors (Lipinski definition) is 0. The van der Waals surface area contributed by atoms with Crippen molar-refractivity contribution < 1.29 is 17.6 Å². The number of alkyl halides is 3. The molecule has 2 unspecified atom stereocenters. The summed E-state index contributed by atoms with van der Waals surface area (Å²) < 4.78 is 43.4. The Bertz CT molecular complexity index is 729. The molecule has 1 aromatic carbocycles. The fraction of sp³-hybridized carbons (Fsp3) is 0.250. The highest BCUT2D eigenvalue weighted by Crippen LogP contribution is 2.37. The molecule has 6 heteroatoms. The summed E-state index contributed by atoms with van der Waals surface area (Å²) in [6.07, 6.45) is -1.02. The minimum absolute atomic E-state index is 0.121. The number of nitrogens with zero attached hydrogens (tertiary/aromatic N) is 1. The first-order valence-corrected chi connectivity index (χ1v) is 6.72. The summed E-state index contributed by atoms with van der Waals surface area (Å²) in [7, 11) is 0. The normalized spacial score (nSPS) is 20.7. The third-order valence-corrected chi connectivity index (χ3v) is 3.86. The van der Waals surface area contributed by atoms with Crippen molar-refractivity contribution in [2.45, 2.75) is 25.1 Å². The lowest BCUT2D eigenvalue weighted by molar-refractivity contribution is -0.137. The fourth-order valence-electron chi connectivity index (χ4n) is 2.53. The molecule has 0 aliphatic heterocycles. The maximum absolute atomic E-state index is 12.6. The van der Waals surface area contributed by atoms with Crippen LogP contribution in [0.15, 0.2) is 46.0 Å². The van der Waals surface area contributed by atoms with Crippen molar-refractivity contribution in [1.82, 2.24) is 0 Å². The van der Waals surface area contributed by atoms with E-state index in [9.17, 15) is 18.1 Å². The summed E-state index contributed by atoms with van der Waals surface area (Å²) in [6, 6.07) is 6.08. The van der Waals surface area contributed by atoms with Crippen LogP contribution in [-0.2, 0) is 6.18 Å². The first-order valence-electron chi connectivity index (χ1n) is 6.72. The van der Waals surface area contributed by atoms with Crippen LogP contribution in [-0.4, -0.2) is 6.04 Å². The van der Waals surface area contributed by atoms with Gasteiger partial charge in [0.15, 0.2) is 0 Å². The van der Waals surface area contributed by atoms with Crippen LogP contribution in [0.2, 0.25) is 0 Å². The van der Waals surface area contributed by atoms with Gasteiger partial charge in [-0.2, -0.15) is 18.1 Å². The zero-order valence-electron chi connectivity index (χ0n) is 11.6. The third kappa shape index (κ3) is 2.45. The van der Waals surface area contributed by atoms with E-state index >= 15 is 0 Å². The van der Waals surface area contributed by atoms with Crippen LogP contribution in [0.1, 0.15) is 29.7 Å². The van der Waals surface area contributed by atoms with Gasteiger partial charge in [0, 0.05) is 17.0 Å². The predicted octanol–water partition coefficient (Wildman–Crippen LogP) is 5.23. The maximum atomic E-state index is 12.6. The Morgan fingerprint density at radius 2 is 1.86 bits per heavy atom. The van der Waals surface area contributed by atoms with Crippen LogP contribution in [0.5, 0.6) is 0 Å². The van der Waals surface area contributed by atoms with Crippen LogP contribution in [0.25, 0.3) is 17.4 Å². The molecule has 0 amide bonds. The van der Waals surface area contributed by atoms with E-state index in [-0.39, 0.29) is 5.92 Å². The Morgan fingerprint density at radius 1 is 1.18 bits per heavy atom. The highest BCUT2D eigenvalue weighted by molar-refractivity contribution is 5.65. The molecule has 3 rings (SSSR count). The van der Waals surface area contributed by atoms with Crippen molar-refractivity contribution in [3.63, 3.8) is 0 Å². The second-order valence-corrected chi connectivity index (χ2v) is 5.25. The maximum Gasteiger partial charge on any atom is 0.416 e. The van der Waals surface area contributed by atoms with Gasteiger partial charge in [-0.1, -0.05) is 30.3 Å². The van der Waals surface area contributed by atoms with Crippen LogP contribution in [0.3, 0.4) is 0 Å². The minimum Gasteiger partial charge on any atom is -0.456 e. The average Bonchev–Trinajstić information content (AvgIpc) is 2.92. The van der Waals surface area contributed by atoms with Gasteiger partial charge >= 0.3 is 6.18 Å². The topological polar surface area (TPSA) is 42.6 Å². The zero-order valence-corrected chi connectivity index (χ0v) is 11.6. The number of rotatable bonds is 2. The summed E-state index contributed by atoms with van der Waals surface area (Å²) in [5.41, 5.74) is 0.687. The second-order valence-electron chi connectivity index (χ2n) is 5.25. The molecule has 22 heavy (non-hydrogen) atoms. The SMILES string of the molecule is CC1c2cc(-c3ccc(C(F)(F)F)cc3)oc2C=CC1N=O. The minimum atomic E-state index is -4.36. The van der Waals surface area contributed by atoms with Gasteiger partial charge in [0.05, 0.1) is 5.56 Å². The molecule has 0 saturated carbocycles. The largest absolute Gasteiger partial charge is 0.456 e. The van der Waals surface area contributed by atoms with Gasteiger partial charge in [0.25, 0.3) is 0 Å². The molecule has 1 heterocycles. The van der Waals surface area contributed by atoms with Crippen molar-refractivity contribution in [2.24, 2.45) is 5.18 Å². The molecule has 0 radical (unpaired) electrons. The molecule has 0 spiro atoms. The first-order chi connectivity index (χ1) is 10.4. The second kappa shape index (κ2) is 5.12. The van der Waals surface area contributed by atoms with E-state index in [0.717, 1.165) is 17.7 Å². The molecule has 0 bridgehead atoms. The number of nitroso groups, excluding NO2 is 1. The van der Waals surface area contributed by atoms with E-state index in [1.54, 1.807) is 18.2 Å². The van der Waals surface area contributed by atoms with E-state index < -0.39 is 17.8 Å². The molecule has 1 aliphatic rings. The molecule has 3 nitrogen and oxygen atoms in total. The van der Waals surface area contributed by atoms with Crippen LogP contribution in [0, 0.1) is 4.91 Å². The van der Waals surface area contributed by atoms with Gasteiger partial charge in [-0.15, -0.1) is 0 Å². The zero-order chi connectivity index (χ0) is 15.9. The van der Waals surface area contributed by atoms with Crippen molar-refractivity contribution in [1.29, 1.82) is 0 Å². The van der Waals surface area contributed by atoms with E-state index in [2.05, 4.69) is 5.18 Å². The Hall–Kier alpha value is -2.37. The summed E-state index contributed by atoms with van der Waals surface area (Å²) in [4.78, 5) is 10.7. The molecule has 0 saturated heterocycles. The highest BCUT2D eigenvalue weighted by atomic mass is 19.4. The molecule has 2 aromatic rings. The van der Waals surface area contributed by atoms with Gasteiger partial charge in [-0.3, -0.25) is 0 Å². The standard InChI is InChI=1S/C16H12F3NO2/c1-9-12-8-15(22-14(12)7-6-13(9)20-21)10-2-4-11(5-3-10)16(17,18)19/h2-9,13H,1H3. The summed E-state index contributed by atoms with van der Waals surface area (Å²) in [5, 5.41) is 3.04. The summed E-state index contributed by atoms with van der Waals surface area (Å²) in [6.45, 7) is 1.86. The average molecular weight is 307 g/mol. The van der Waals surface area contributed by atoms with Crippen LogP contribution < -0.4 is 0 Å². The quantitative estimate of drug-likeness (QED) is 0.713. The van der Waals surface area contributed by atoms with Gasteiger partial charge in [0.2, 0.25) is 0 Å². The molecule has 2 atom stereocenters. The summed E-state index contributed by atoms with van der Waals surface area (Å²) in [5.74, 6) is 0.966. The van der Waals surface area contributed by atoms with E-state index in [4.69, 9.17) is 4.42 Å². The Labute approximate surface area is 124 Å². The Kier molecular flexibility index (Phi) is 3.39. The van der Waals surface area contributed by atoms with Gasteiger partial charge in [-0.05, 0) is 24.3 Å². The summed E-state index contributed by atoms with van der Waals surface area (Å²) >= 11 is 0. The third-order valence-electron chi connectivity index (χ3n) is 3.86. The number of furan rings is 1. The van der Waals surface area contributed by atoms with Crippen molar-refractivity contribution in [2.75, 3.05) is 0 Å². The monoisotopic (exact) mass is 307 g/mol. The lowest BCUT2D eigenvalue weighted by Crippen LogP contribution is -2.13. The van der Waals surface area contributed by atoms with Crippen molar-refractivity contribution in [3.05, 3.63) is 58.2 Å². The molecule has 0 fully saturated rings. The molecular formula is C16H12F3NO2. The number of benzene rings is 1. The van der Waals surface area contributed by atoms with Gasteiger partial charge in [-0.25, -0.2) is 0 Å². The predicted molar refractivity (Wildman–Crippen MR) is 76.2 cm³/mol. The number of fused-ring (bicyclic) bond motifs is 1. The first kappa shape index (κ1) is 14.6. The molecule has 1 aliphatic carbocycles. The van der Waals surface area contributed by atoms with Gasteiger partial charge < -0.3 is 4.42 Å². The molecule has 114 valence electrons. The molecule has 1 aromatic heterocycles. The van der Waals surface area contributed by atoms with E-state index in [0.29, 0.717) is 17.1 Å². The van der Waals surface area contributed by atoms with Crippen molar-refractivity contribution >= 4 is 6.08 Å². The van der Waals surface area contributed by atoms with Crippen LogP contribution >= 0.6 is 0 Å². The molecule has 0 N–H and O–H groups in total. The highest BCUT2D eigenvalue weighted by Gasteiger charge is 2.30.